The lowest BCUT2D eigenvalue weighted by Crippen LogP contribution is -2.33. The normalized spacial score (nSPS) is 11.4. The minimum atomic E-state index is -0.730. The Labute approximate surface area is 296 Å². The first-order chi connectivity index (χ1) is 25.0. The molecule has 0 spiro atoms. The van der Waals surface area contributed by atoms with Crippen molar-refractivity contribution < 1.29 is 23.9 Å². The van der Waals surface area contributed by atoms with Crippen LogP contribution in [0.3, 0.4) is 0 Å². The number of hydrogen-bond acceptors (Lipinski definition) is 8. The number of hydrogen-bond donors (Lipinski definition) is 1. The predicted molar refractivity (Wildman–Crippen MR) is 197 cm³/mol. The summed E-state index contributed by atoms with van der Waals surface area (Å²) in [5.41, 5.74) is 5.19. The van der Waals surface area contributed by atoms with Gasteiger partial charge in [0, 0.05) is 36.3 Å². The van der Waals surface area contributed by atoms with E-state index in [4.69, 9.17) is 9.47 Å². The van der Waals surface area contributed by atoms with Crippen LogP contribution in [-0.4, -0.2) is 58.8 Å². The lowest BCUT2D eigenvalue weighted by atomic mass is 10.00. The van der Waals surface area contributed by atoms with E-state index in [1.165, 1.54) is 13.3 Å². The largest absolute Gasteiger partial charge is 0.494 e. The second-order valence-corrected chi connectivity index (χ2v) is 12.0. The summed E-state index contributed by atoms with van der Waals surface area (Å²) in [5, 5.41) is 3.24. The Balaban J connectivity index is 1.07. The predicted octanol–water partition coefficient (Wildman–Crippen LogP) is 7.17. The summed E-state index contributed by atoms with van der Waals surface area (Å²) in [4.78, 5) is 50.5. The van der Waals surface area contributed by atoms with Gasteiger partial charge in [-0.15, -0.1) is 0 Å². The molecule has 0 bridgehead atoms. The molecule has 0 saturated carbocycles. The molecule has 0 unspecified atom stereocenters. The van der Waals surface area contributed by atoms with E-state index in [-0.39, 0.29) is 11.7 Å². The Bertz CT molecular complexity index is 2090. The lowest BCUT2D eigenvalue weighted by Gasteiger charge is -2.23. The molecule has 0 saturated heterocycles. The van der Waals surface area contributed by atoms with Crippen LogP contribution in [0.2, 0.25) is 0 Å². The monoisotopic (exact) mass is 678 g/mol. The number of nitrogens with one attached hydrogen (secondary N) is 1. The van der Waals surface area contributed by atoms with Crippen molar-refractivity contribution >= 4 is 34.4 Å². The standard InChI is InChI=1S/C42H38N4O5/c1-50-42(49)38(44-35-18-9-8-17-34(35)40(47)32-15-6-3-7-16-32)27-30-21-23-33(24-22-30)51-26-12-25-46(29-31-13-4-2-5-14-31)41(48)39-28-43-36-19-10-11-20-37(36)45-39/h2-11,13-24,28,38,44H,12,25-27,29H2,1H3/t38-/m0/s1. The first kappa shape index (κ1) is 34.5. The highest BCUT2D eigenvalue weighted by Gasteiger charge is 2.23. The highest BCUT2D eigenvalue weighted by Crippen LogP contribution is 2.22. The first-order valence-corrected chi connectivity index (χ1v) is 16.8. The zero-order valence-corrected chi connectivity index (χ0v) is 28.3. The molecule has 0 aliphatic carbocycles. The maximum absolute atomic E-state index is 13.6. The second kappa shape index (κ2) is 16.8. The van der Waals surface area contributed by atoms with Gasteiger partial charge in [-0.05, 0) is 53.9 Å². The van der Waals surface area contributed by atoms with E-state index >= 15 is 0 Å². The van der Waals surface area contributed by atoms with E-state index in [1.807, 2.05) is 103 Å². The van der Waals surface area contributed by atoms with Gasteiger partial charge in [0.25, 0.3) is 5.91 Å². The van der Waals surface area contributed by atoms with Gasteiger partial charge in [0.2, 0.25) is 0 Å². The number of esters is 1. The van der Waals surface area contributed by atoms with Crippen molar-refractivity contribution in [2.24, 2.45) is 0 Å². The molecule has 0 aliphatic heterocycles. The zero-order chi connectivity index (χ0) is 35.4. The molecule has 1 atom stereocenters. The second-order valence-electron chi connectivity index (χ2n) is 12.0. The fourth-order valence-corrected chi connectivity index (χ4v) is 5.76. The first-order valence-electron chi connectivity index (χ1n) is 16.8. The van der Waals surface area contributed by atoms with Crippen molar-refractivity contribution in [3.05, 3.63) is 168 Å². The number of aromatic nitrogens is 2. The fourth-order valence-electron chi connectivity index (χ4n) is 5.76. The van der Waals surface area contributed by atoms with Crippen LogP contribution >= 0.6 is 0 Å². The summed E-state index contributed by atoms with van der Waals surface area (Å²) < 4.78 is 11.2. The van der Waals surface area contributed by atoms with Gasteiger partial charge in [0.1, 0.15) is 17.5 Å². The molecule has 1 aromatic heterocycles. The molecule has 0 fully saturated rings. The molecule has 1 N–H and O–H groups in total. The third-order valence-corrected chi connectivity index (χ3v) is 8.40. The van der Waals surface area contributed by atoms with Crippen molar-refractivity contribution in [3.63, 3.8) is 0 Å². The van der Waals surface area contributed by atoms with Crippen molar-refractivity contribution in [3.8, 4) is 5.75 Å². The van der Waals surface area contributed by atoms with Gasteiger partial charge in [-0.1, -0.05) is 97.1 Å². The van der Waals surface area contributed by atoms with Crippen molar-refractivity contribution in [1.29, 1.82) is 0 Å². The average molecular weight is 679 g/mol. The molecule has 6 aromatic rings. The van der Waals surface area contributed by atoms with Crippen molar-refractivity contribution in [1.82, 2.24) is 14.9 Å². The minimum Gasteiger partial charge on any atom is -0.494 e. The van der Waals surface area contributed by atoms with E-state index in [0.717, 1.165) is 16.6 Å². The Hall–Kier alpha value is -6.35. The van der Waals surface area contributed by atoms with E-state index in [9.17, 15) is 14.4 Å². The van der Waals surface area contributed by atoms with E-state index in [0.29, 0.717) is 66.3 Å². The van der Waals surface area contributed by atoms with Gasteiger partial charge in [-0.25, -0.2) is 9.78 Å². The molecular formula is C42H38N4O5. The van der Waals surface area contributed by atoms with Crippen LogP contribution in [0.4, 0.5) is 5.69 Å². The Morgan fingerprint density at radius 3 is 2.16 bits per heavy atom. The molecule has 1 heterocycles. The van der Waals surface area contributed by atoms with Crippen LogP contribution in [0, 0.1) is 0 Å². The maximum Gasteiger partial charge on any atom is 0.328 e. The summed E-state index contributed by atoms with van der Waals surface area (Å²) in [6.45, 7) is 1.28. The van der Waals surface area contributed by atoms with Crippen molar-refractivity contribution in [2.45, 2.75) is 25.4 Å². The van der Waals surface area contributed by atoms with Crippen molar-refractivity contribution in [2.75, 3.05) is 25.6 Å². The minimum absolute atomic E-state index is 0.140. The number of benzene rings is 5. The van der Waals surface area contributed by atoms with E-state index in [2.05, 4.69) is 15.3 Å². The Kier molecular flexibility index (Phi) is 11.4. The average Bonchev–Trinajstić information content (AvgIpc) is 3.19. The summed E-state index contributed by atoms with van der Waals surface area (Å²) in [7, 11) is 1.35. The van der Waals surface area contributed by atoms with Gasteiger partial charge in [-0.3, -0.25) is 14.6 Å². The number of methoxy groups -OCH3 is 1. The van der Waals surface area contributed by atoms with Crippen LogP contribution in [0.15, 0.2) is 140 Å². The smallest absolute Gasteiger partial charge is 0.328 e. The number of para-hydroxylation sites is 3. The molecule has 1 amide bonds. The van der Waals surface area contributed by atoms with Crippen LogP contribution in [-0.2, 0) is 22.5 Å². The number of ketones is 1. The topological polar surface area (TPSA) is 111 Å². The maximum atomic E-state index is 13.6. The van der Waals surface area contributed by atoms with Gasteiger partial charge in [0.15, 0.2) is 5.78 Å². The van der Waals surface area contributed by atoms with E-state index in [1.54, 1.807) is 35.2 Å². The Morgan fingerprint density at radius 1 is 0.745 bits per heavy atom. The van der Waals surface area contributed by atoms with E-state index < -0.39 is 12.0 Å². The number of amides is 1. The summed E-state index contributed by atoms with van der Waals surface area (Å²) in [6.07, 6.45) is 2.45. The summed E-state index contributed by atoms with van der Waals surface area (Å²) >= 11 is 0. The SMILES string of the molecule is COC(=O)[C@H](Cc1ccc(OCCCN(Cc2ccccc2)C(=O)c2cnc3ccccc3n2)cc1)Nc1ccccc1C(=O)c1ccccc1. The summed E-state index contributed by atoms with van der Waals surface area (Å²) in [6, 6.07) is 40.3. The fraction of sp³-hybridized carbons (Fsp3) is 0.167. The molecule has 256 valence electrons. The lowest BCUT2D eigenvalue weighted by molar-refractivity contribution is -0.141. The highest BCUT2D eigenvalue weighted by atomic mass is 16.5. The molecular weight excluding hydrogens is 640 g/mol. The van der Waals surface area contributed by atoms with Crippen LogP contribution in [0.5, 0.6) is 5.75 Å². The number of rotatable bonds is 15. The summed E-state index contributed by atoms with van der Waals surface area (Å²) in [5.74, 6) is -0.107. The molecule has 9 nitrogen and oxygen atoms in total. The molecule has 0 radical (unpaired) electrons. The van der Waals surface area contributed by atoms with Crippen LogP contribution < -0.4 is 10.1 Å². The van der Waals surface area contributed by atoms with Gasteiger partial charge >= 0.3 is 5.97 Å². The number of carbonyl (C=O) groups is 3. The highest BCUT2D eigenvalue weighted by molar-refractivity contribution is 6.12. The number of fused-ring (bicyclic) bond motifs is 1. The molecule has 9 heteroatoms. The number of carbonyl (C=O) groups excluding carboxylic acids is 3. The van der Waals surface area contributed by atoms with Gasteiger partial charge in [0.05, 0.1) is 30.9 Å². The molecule has 6 rings (SSSR count). The van der Waals surface area contributed by atoms with Crippen LogP contribution in [0.25, 0.3) is 11.0 Å². The number of nitrogens with zero attached hydrogens (tertiary/aromatic N) is 3. The third kappa shape index (κ3) is 9.01. The molecule has 51 heavy (non-hydrogen) atoms. The van der Waals surface area contributed by atoms with Gasteiger partial charge in [-0.2, -0.15) is 0 Å². The Morgan fingerprint density at radius 2 is 1.41 bits per heavy atom. The molecule has 5 aromatic carbocycles. The quantitative estimate of drug-likeness (QED) is 0.0692. The third-order valence-electron chi connectivity index (χ3n) is 8.40. The zero-order valence-electron chi connectivity index (χ0n) is 28.3. The molecule has 0 aliphatic rings. The number of ether oxygens (including phenoxy) is 2. The number of anilines is 1. The van der Waals surface area contributed by atoms with Crippen LogP contribution in [0.1, 0.15) is 44.0 Å². The van der Waals surface area contributed by atoms with Gasteiger partial charge < -0.3 is 19.7 Å².